The van der Waals surface area contributed by atoms with E-state index in [1.807, 2.05) is 36.6 Å². The van der Waals surface area contributed by atoms with E-state index in [4.69, 9.17) is 34.1 Å². The van der Waals surface area contributed by atoms with Crippen molar-refractivity contribution >= 4 is 23.7 Å². The predicted molar refractivity (Wildman–Crippen MR) is 161 cm³/mol. The van der Waals surface area contributed by atoms with Gasteiger partial charge in [0.15, 0.2) is 46.7 Å². The van der Waals surface area contributed by atoms with Gasteiger partial charge in [-0.3, -0.25) is 15.0 Å². The molecule has 2 aromatic heterocycles. The van der Waals surface area contributed by atoms with Gasteiger partial charge in [0.2, 0.25) is 0 Å². The van der Waals surface area contributed by atoms with Crippen molar-refractivity contribution in [2.75, 3.05) is 26.9 Å². The molecule has 12 heteroatoms. The molecule has 5 rings (SSSR count). The number of aldehydes is 2. The summed E-state index contributed by atoms with van der Waals surface area (Å²) in [5.41, 5.74) is 1.61. The van der Waals surface area contributed by atoms with Gasteiger partial charge in [-0.1, -0.05) is 6.07 Å². The van der Waals surface area contributed by atoms with Crippen molar-refractivity contribution in [1.29, 1.82) is 5.41 Å². The molecular weight excluding hydrogens is 566 g/mol. The fourth-order valence-electron chi connectivity index (χ4n) is 5.10. The van der Waals surface area contributed by atoms with Crippen molar-refractivity contribution in [3.05, 3.63) is 59.6 Å². The lowest BCUT2D eigenvalue weighted by atomic mass is 9.94. The smallest absolute Gasteiger partial charge is 0.173 e. The maximum Gasteiger partial charge on any atom is 0.173 e. The molecule has 0 unspecified atom stereocenters. The number of aromatic amines is 1. The van der Waals surface area contributed by atoms with Crippen LogP contribution in [0.25, 0.3) is 11.2 Å². The summed E-state index contributed by atoms with van der Waals surface area (Å²) in [7, 11) is 1.64. The molecule has 0 bridgehead atoms. The molecule has 1 saturated carbocycles. The molecular formula is C32H37N5O7. The number of carbonyl (C=O) groups excluding carboxylic acids is 2. The van der Waals surface area contributed by atoms with Gasteiger partial charge >= 0.3 is 0 Å². The van der Waals surface area contributed by atoms with Crippen LogP contribution in [0.15, 0.2) is 42.7 Å². The molecule has 0 amide bonds. The summed E-state index contributed by atoms with van der Waals surface area (Å²) < 4.78 is 30.7. The van der Waals surface area contributed by atoms with Gasteiger partial charge in [0.25, 0.3) is 0 Å². The second-order valence-electron chi connectivity index (χ2n) is 11.3. The quantitative estimate of drug-likeness (QED) is 0.191. The number of hydrogen-bond donors (Lipinski definition) is 2. The zero-order valence-corrected chi connectivity index (χ0v) is 25.1. The van der Waals surface area contributed by atoms with Crippen LogP contribution >= 0.6 is 0 Å². The fourth-order valence-corrected chi connectivity index (χ4v) is 5.10. The number of methoxy groups -OCH3 is 1. The third-order valence-electron chi connectivity index (χ3n) is 7.47. The molecule has 1 fully saturated rings. The molecule has 0 atom stereocenters. The Hall–Kier alpha value is -4.87. The third kappa shape index (κ3) is 7.01. The number of nitrogens with one attached hydrogen (secondary N) is 2. The number of imidazole rings is 1. The van der Waals surface area contributed by atoms with Gasteiger partial charge in [-0.15, -0.1) is 0 Å². The summed E-state index contributed by atoms with van der Waals surface area (Å²) in [5, 5.41) is 8.42. The van der Waals surface area contributed by atoms with Crippen LogP contribution in [0.4, 0.5) is 0 Å². The number of fused-ring (bicyclic) bond motifs is 1. The molecule has 12 nitrogen and oxygen atoms in total. The Labute approximate surface area is 254 Å². The number of H-pyrrole nitrogens is 1. The van der Waals surface area contributed by atoms with E-state index in [-0.39, 0.29) is 31.4 Å². The monoisotopic (exact) mass is 603 g/mol. The van der Waals surface area contributed by atoms with Crippen LogP contribution in [0.2, 0.25) is 0 Å². The van der Waals surface area contributed by atoms with E-state index in [1.54, 1.807) is 31.6 Å². The summed E-state index contributed by atoms with van der Waals surface area (Å²) in [6.45, 7) is 4.35. The van der Waals surface area contributed by atoms with Gasteiger partial charge in [0.1, 0.15) is 36.9 Å². The maximum atomic E-state index is 10.8. The maximum absolute atomic E-state index is 10.8. The second-order valence-corrected chi connectivity index (χ2v) is 11.3. The van der Waals surface area contributed by atoms with Crippen molar-refractivity contribution in [3.63, 3.8) is 0 Å². The van der Waals surface area contributed by atoms with E-state index in [9.17, 15) is 9.59 Å². The minimum Gasteiger partial charge on any atom is -0.493 e. The van der Waals surface area contributed by atoms with Crippen LogP contribution < -0.4 is 29.2 Å². The van der Waals surface area contributed by atoms with E-state index in [2.05, 4.69) is 9.97 Å². The van der Waals surface area contributed by atoms with Crippen molar-refractivity contribution in [3.8, 4) is 28.7 Å². The van der Waals surface area contributed by atoms with Crippen LogP contribution in [0.3, 0.4) is 0 Å². The van der Waals surface area contributed by atoms with Gasteiger partial charge in [-0.2, -0.15) is 0 Å². The Balaban J connectivity index is 1.36. The van der Waals surface area contributed by atoms with Crippen LogP contribution in [0, 0.1) is 5.41 Å². The summed E-state index contributed by atoms with van der Waals surface area (Å²) in [6, 6.07) is 10.8. The zero-order chi connectivity index (χ0) is 31.1. The molecule has 2 heterocycles. The molecule has 0 saturated heterocycles. The average Bonchev–Trinajstić information content (AvgIpc) is 3.72. The topological polar surface area (TPSA) is 151 Å². The summed E-state index contributed by atoms with van der Waals surface area (Å²) >= 11 is 0. The first-order chi connectivity index (χ1) is 21.3. The van der Waals surface area contributed by atoms with Crippen molar-refractivity contribution in [2.24, 2.45) is 0 Å². The van der Waals surface area contributed by atoms with Crippen LogP contribution in [-0.4, -0.2) is 65.1 Å². The Morgan fingerprint density at radius 2 is 1.70 bits per heavy atom. The second kappa shape index (κ2) is 13.6. The SMILES string of the molecule is COc1ccc(Cn2cnc(=N)c3[nH]c(C(C)(C)COc4ccc(OCC=O)c(OCC=O)c4)nc32)cc1OC1CCCC1. The minimum absolute atomic E-state index is 0.0922. The molecule has 1 aliphatic carbocycles. The molecule has 1 aliphatic rings. The Morgan fingerprint density at radius 1 is 0.977 bits per heavy atom. The first-order valence-corrected chi connectivity index (χ1v) is 14.5. The average molecular weight is 604 g/mol. The standard InChI is InChI=1S/C32H37N5O7/c1-32(2,19-43-23-9-11-25(41-14-12-38)26(17-23)42-15-13-39)31-35-28-29(33)34-20-37(30(28)36-31)18-21-8-10-24(40-3)27(16-21)44-22-6-4-5-7-22/h8-13,16-17,20,22,33H,4-7,14-15,18-19H2,1-3H3,(H,35,36). The van der Waals surface area contributed by atoms with Crippen LogP contribution in [-0.2, 0) is 21.5 Å². The first-order valence-electron chi connectivity index (χ1n) is 14.5. The number of ether oxygens (including phenoxy) is 5. The molecule has 0 radical (unpaired) electrons. The highest BCUT2D eigenvalue weighted by Gasteiger charge is 2.27. The van der Waals surface area contributed by atoms with Crippen molar-refractivity contribution < 1.29 is 33.3 Å². The lowest BCUT2D eigenvalue weighted by Crippen LogP contribution is -2.27. The van der Waals surface area contributed by atoms with E-state index >= 15 is 0 Å². The number of hydrogen-bond acceptors (Lipinski definition) is 10. The van der Waals surface area contributed by atoms with Gasteiger partial charge in [-0.05, 0) is 69.4 Å². The highest BCUT2D eigenvalue weighted by atomic mass is 16.5. The molecule has 232 valence electrons. The van der Waals surface area contributed by atoms with Gasteiger partial charge in [0, 0.05) is 6.07 Å². The van der Waals surface area contributed by atoms with E-state index < -0.39 is 5.41 Å². The fraction of sp³-hybridized carbons (Fsp3) is 0.406. The van der Waals surface area contributed by atoms with Gasteiger partial charge < -0.3 is 33.2 Å². The van der Waals surface area contributed by atoms with Gasteiger partial charge in [-0.25, -0.2) is 9.97 Å². The Morgan fingerprint density at radius 3 is 2.43 bits per heavy atom. The number of nitrogens with zero attached hydrogens (tertiary/aromatic N) is 3. The van der Waals surface area contributed by atoms with Crippen molar-refractivity contribution in [2.45, 2.75) is 57.6 Å². The molecule has 2 aromatic carbocycles. The third-order valence-corrected chi connectivity index (χ3v) is 7.47. The predicted octanol–water partition coefficient (Wildman–Crippen LogP) is 4.13. The number of carbonyl (C=O) groups is 2. The summed E-state index contributed by atoms with van der Waals surface area (Å²) in [4.78, 5) is 34.0. The largest absolute Gasteiger partial charge is 0.493 e. The zero-order valence-electron chi connectivity index (χ0n) is 25.1. The number of benzene rings is 2. The normalized spacial score (nSPS) is 13.5. The van der Waals surface area contributed by atoms with Crippen molar-refractivity contribution in [1.82, 2.24) is 19.5 Å². The Kier molecular flexibility index (Phi) is 9.47. The van der Waals surface area contributed by atoms with Crippen LogP contribution in [0.5, 0.6) is 28.7 Å². The first kappa shape index (κ1) is 30.6. The number of rotatable bonds is 15. The van der Waals surface area contributed by atoms with E-state index in [1.165, 1.54) is 12.8 Å². The highest BCUT2D eigenvalue weighted by Crippen LogP contribution is 2.34. The minimum atomic E-state index is -0.595. The molecule has 0 spiro atoms. The molecule has 0 aliphatic heterocycles. The molecule has 2 N–H and O–H groups in total. The van der Waals surface area contributed by atoms with E-state index in [0.717, 1.165) is 24.2 Å². The number of aromatic nitrogens is 4. The lowest BCUT2D eigenvalue weighted by molar-refractivity contribution is -0.110. The molecule has 4 aromatic rings. The summed E-state index contributed by atoms with van der Waals surface area (Å²) in [5.74, 6) is 3.16. The van der Waals surface area contributed by atoms with Gasteiger partial charge in [0.05, 0.1) is 31.5 Å². The highest BCUT2D eigenvalue weighted by molar-refractivity contribution is 5.69. The van der Waals surface area contributed by atoms with Crippen LogP contribution in [0.1, 0.15) is 50.9 Å². The van der Waals surface area contributed by atoms with E-state index in [0.29, 0.717) is 59.1 Å². The lowest BCUT2D eigenvalue weighted by Gasteiger charge is -2.22. The Bertz CT molecular complexity index is 1670. The summed E-state index contributed by atoms with van der Waals surface area (Å²) in [6.07, 6.45) is 7.52. The molecule has 44 heavy (non-hydrogen) atoms.